The zero-order valence-corrected chi connectivity index (χ0v) is 10.2. The number of alkyl halides is 2. The lowest BCUT2D eigenvalue weighted by molar-refractivity contribution is -0.0709. The van der Waals surface area contributed by atoms with E-state index in [4.69, 9.17) is 0 Å². The lowest BCUT2D eigenvalue weighted by Gasteiger charge is -2.19. The van der Waals surface area contributed by atoms with Crippen LogP contribution in [0.3, 0.4) is 0 Å². The molecule has 0 aromatic heterocycles. The van der Waals surface area contributed by atoms with E-state index in [1.165, 1.54) is 18.2 Å². The van der Waals surface area contributed by atoms with Gasteiger partial charge in [-0.05, 0) is 17.2 Å². The number of aliphatic hydroxyl groups excluding tert-OH is 1. The Kier molecular flexibility index (Phi) is 4.07. The van der Waals surface area contributed by atoms with Crippen molar-refractivity contribution in [1.29, 1.82) is 0 Å². The highest BCUT2D eigenvalue weighted by Gasteiger charge is 2.36. The third kappa shape index (κ3) is 3.48. The first-order valence-electron chi connectivity index (χ1n) is 5.95. The van der Waals surface area contributed by atoms with Gasteiger partial charge in [-0.15, -0.1) is 0 Å². The van der Waals surface area contributed by atoms with Crippen LogP contribution in [0.15, 0.2) is 66.7 Å². The Labute approximate surface area is 110 Å². The third-order valence-corrected chi connectivity index (χ3v) is 2.78. The fourth-order valence-corrected chi connectivity index (χ4v) is 1.72. The van der Waals surface area contributed by atoms with Gasteiger partial charge in [0, 0.05) is 0 Å². The van der Waals surface area contributed by atoms with Gasteiger partial charge in [-0.25, -0.2) is 0 Å². The van der Waals surface area contributed by atoms with E-state index < -0.39 is 12.0 Å². The number of rotatable bonds is 4. The van der Waals surface area contributed by atoms with Gasteiger partial charge in [0.2, 0.25) is 0 Å². The Morgan fingerprint density at radius 1 is 0.895 bits per heavy atom. The van der Waals surface area contributed by atoms with E-state index in [0.29, 0.717) is 5.56 Å². The molecule has 2 rings (SSSR count). The fraction of sp³-hybridized carbons (Fsp3) is 0.125. The van der Waals surface area contributed by atoms with E-state index in [2.05, 4.69) is 0 Å². The zero-order valence-electron chi connectivity index (χ0n) is 10.2. The van der Waals surface area contributed by atoms with Crippen LogP contribution in [0, 0.1) is 0 Å². The van der Waals surface area contributed by atoms with Crippen LogP contribution in [0.1, 0.15) is 17.2 Å². The summed E-state index contributed by atoms with van der Waals surface area (Å²) in [6, 6.07) is 16.7. The molecule has 0 fully saturated rings. The van der Waals surface area contributed by atoms with Crippen LogP contribution in [-0.2, 0) is 0 Å². The summed E-state index contributed by atoms with van der Waals surface area (Å²) < 4.78 is 27.7. The van der Waals surface area contributed by atoms with Crippen molar-refractivity contribution < 1.29 is 13.9 Å². The van der Waals surface area contributed by atoms with Crippen LogP contribution >= 0.6 is 0 Å². The summed E-state index contributed by atoms with van der Waals surface area (Å²) in [7, 11) is 0. The summed E-state index contributed by atoms with van der Waals surface area (Å²) in [5, 5.41) is 9.73. The Bertz CT molecular complexity index is 535. The second-order valence-electron chi connectivity index (χ2n) is 4.23. The van der Waals surface area contributed by atoms with Crippen LogP contribution in [0.2, 0.25) is 0 Å². The maximum Gasteiger partial charge on any atom is 0.296 e. The molecule has 19 heavy (non-hydrogen) atoms. The first-order chi connectivity index (χ1) is 9.09. The van der Waals surface area contributed by atoms with Gasteiger partial charge in [-0.3, -0.25) is 0 Å². The average molecular weight is 260 g/mol. The Balaban J connectivity index is 2.16. The van der Waals surface area contributed by atoms with Crippen molar-refractivity contribution >= 4 is 6.08 Å². The van der Waals surface area contributed by atoms with Crippen molar-refractivity contribution in [2.24, 2.45) is 0 Å². The Hall–Kier alpha value is -2.00. The van der Waals surface area contributed by atoms with Crippen molar-refractivity contribution in [2.75, 3.05) is 0 Å². The van der Waals surface area contributed by atoms with Gasteiger partial charge in [0.1, 0.15) is 6.10 Å². The molecule has 98 valence electrons. The van der Waals surface area contributed by atoms with E-state index in [1.807, 2.05) is 6.07 Å². The highest BCUT2D eigenvalue weighted by atomic mass is 19.3. The molecule has 0 bridgehead atoms. The summed E-state index contributed by atoms with van der Waals surface area (Å²) in [6.45, 7) is 0. The predicted molar refractivity (Wildman–Crippen MR) is 71.8 cm³/mol. The van der Waals surface area contributed by atoms with E-state index in [-0.39, 0.29) is 5.56 Å². The van der Waals surface area contributed by atoms with Crippen molar-refractivity contribution in [1.82, 2.24) is 0 Å². The highest BCUT2D eigenvalue weighted by molar-refractivity contribution is 5.50. The topological polar surface area (TPSA) is 20.2 Å². The SMILES string of the molecule is OC(c1ccccc1)C(F)(F)/C=C/c1ccccc1. The zero-order chi connectivity index (χ0) is 13.7. The number of aliphatic hydroxyl groups is 1. The average Bonchev–Trinajstić information content (AvgIpc) is 2.46. The first kappa shape index (κ1) is 13.4. The largest absolute Gasteiger partial charge is 0.382 e. The normalized spacial score (nSPS) is 13.6. The molecular weight excluding hydrogens is 246 g/mol. The highest BCUT2D eigenvalue weighted by Crippen LogP contribution is 2.32. The first-order valence-corrected chi connectivity index (χ1v) is 5.95. The maximum atomic E-state index is 13.9. The molecule has 0 radical (unpaired) electrons. The molecule has 0 spiro atoms. The Morgan fingerprint density at radius 3 is 2.00 bits per heavy atom. The van der Waals surface area contributed by atoms with Gasteiger partial charge in [-0.1, -0.05) is 66.7 Å². The molecular formula is C16H14F2O. The van der Waals surface area contributed by atoms with Crippen molar-refractivity contribution in [2.45, 2.75) is 12.0 Å². The summed E-state index contributed by atoms with van der Waals surface area (Å²) in [5.74, 6) is -3.31. The molecule has 0 aliphatic carbocycles. The molecule has 1 unspecified atom stereocenters. The molecule has 1 atom stereocenters. The lowest BCUT2D eigenvalue weighted by Crippen LogP contribution is -2.23. The molecule has 0 aliphatic heterocycles. The summed E-state index contributed by atoms with van der Waals surface area (Å²) in [6.07, 6.45) is 0.209. The number of halogens is 2. The van der Waals surface area contributed by atoms with E-state index in [9.17, 15) is 13.9 Å². The fourth-order valence-electron chi connectivity index (χ4n) is 1.72. The van der Waals surface area contributed by atoms with Gasteiger partial charge >= 0.3 is 0 Å². The standard InChI is InChI=1S/C16H14F2O/c17-16(18,12-11-13-7-3-1-4-8-13)15(19)14-9-5-2-6-10-14/h1-12,15,19H/b12-11+. The summed E-state index contributed by atoms with van der Waals surface area (Å²) in [5.41, 5.74) is 0.868. The maximum absolute atomic E-state index is 13.9. The van der Waals surface area contributed by atoms with Gasteiger partial charge in [-0.2, -0.15) is 8.78 Å². The number of benzene rings is 2. The second kappa shape index (κ2) is 5.76. The second-order valence-corrected chi connectivity index (χ2v) is 4.23. The van der Waals surface area contributed by atoms with Crippen LogP contribution in [0.4, 0.5) is 8.78 Å². The van der Waals surface area contributed by atoms with Crippen LogP contribution in [-0.4, -0.2) is 11.0 Å². The molecule has 0 aliphatic rings. The quantitative estimate of drug-likeness (QED) is 0.878. The van der Waals surface area contributed by atoms with Crippen molar-refractivity contribution in [3.63, 3.8) is 0 Å². The van der Waals surface area contributed by atoms with Gasteiger partial charge in [0.25, 0.3) is 5.92 Å². The van der Waals surface area contributed by atoms with Crippen molar-refractivity contribution in [3.05, 3.63) is 77.9 Å². The van der Waals surface area contributed by atoms with Crippen LogP contribution in [0.25, 0.3) is 6.08 Å². The predicted octanol–water partition coefficient (Wildman–Crippen LogP) is 4.07. The molecule has 3 heteroatoms. The van der Waals surface area contributed by atoms with E-state index in [1.54, 1.807) is 42.5 Å². The molecule has 2 aromatic carbocycles. The number of hydrogen-bond donors (Lipinski definition) is 1. The van der Waals surface area contributed by atoms with Gasteiger partial charge in [0.05, 0.1) is 0 Å². The summed E-state index contributed by atoms with van der Waals surface area (Å²) in [4.78, 5) is 0. The minimum atomic E-state index is -3.31. The Morgan fingerprint density at radius 2 is 1.42 bits per heavy atom. The molecule has 1 nitrogen and oxygen atoms in total. The molecule has 2 aromatic rings. The third-order valence-electron chi connectivity index (χ3n) is 2.78. The molecule has 0 saturated heterocycles. The van der Waals surface area contributed by atoms with E-state index in [0.717, 1.165) is 6.08 Å². The van der Waals surface area contributed by atoms with Gasteiger partial charge in [0.15, 0.2) is 0 Å². The molecule has 0 saturated carbocycles. The molecule has 0 heterocycles. The monoisotopic (exact) mass is 260 g/mol. The minimum Gasteiger partial charge on any atom is -0.382 e. The van der Waals surface area contributed by atoms with Crippen LogP contribution in [0.5, 0.6) is 0 Å². The van der Waals surface area contributed by atoms with Gasteiger partial charge < -0.3 is 5.11 Å². The van der Waals surface area contributed by atoms with E-state index >= 15 is 0 Å². The molecule has 0 amide bonds. The minimum absolute atomic E-state index is 0.199. The van der Waals surface area contributed by atoms with Crippen molar-refractivity contribution in [3.8, 4) is 0 Å². The smallest absolute Gasteiger partial charge is 0.296 e. The lowest BCUT2D eigenvalue weighted by atomic mass is 10.0. The summed E-state index contributed by atoms with van der Waals surface area (Å²) >= 11 is 0. The number of hydrogen-bond acceptors (Lipinski definition) is 1. The van der Waals surface area contributed by atoms with Crippen LogP contribution < -0.4 is 0 Å². The molecule has 1 N–H and O–H groups in total.